The van der Waals surface area contributed by atoms with Gasteiger partial charge in [0.05, 0.1) is 0 Å². The van der Waals surface area contributed by atoms with E-state index >= 15 is 0 Å². The third-order valence-corrected chi connectivity index (χ3v) is 3.50. The SMILES string of the molecule is Nc1ccc(S(F)(F)(F)(F)F)cc1I. The number of hydrogen-bond donors (Lipinski definition) is 1. The molecule has 0 radical (unpaired) electrons. The molecule has 82 valence electrons. The highest BCUT2D eigenvalue weighted by Crippen LogP contribution is 3.02. The Bertz CT molecular complexity index is 386. The van der Waals surface area contributed by atoms with Crippen molar-refractivity contribution in [1.82, 2.24) is 0 Å². The number of benzene rings is 1. The fraction of sp³-hybridized carbons (Fsp3) is 0. The Morgan fingerprint density at radius 1 is 1.07 bits per heavy atom. The van der Waals surface area contributed by atoms with E-state index in [9.17, 15) is 19.4 Å². The minimum absolute atomic E-state index is 0.0381. The van der Waals surface area contributed by atoms with Gasteiger partial charge in [0, 0.05) is 9.26 Å². The molecule has 0 saturated carbocycles. The maximum atomic E-state index is 12.2. The fourth-order valence-electron chi connectivity index (χ4n) is 0.748. The number of anilines is 1. The monoisotopic (exact) mass is 345 g/mol. The Balaban J connectivity index is 3.45. The smallest absolute Gasteiger partial charge is 0.310 e. The van der Waals surface area contributed by atoms with Gasteiger partial charge in [-0.2, -0.15) is 0 Å². The second-order valence-corrected chi connectivity index (χ2v) is 6.22. The normalized spacial score (nSPS) is 17.3. The average Bonchev–Trinajstić information content (AvgIpc) is 1.89. The van der Waals surface area contributed by atoms with E-state index in [1.54, 1.807) is 0 Å². The van der Waals surface area contributed by atoms with Crippen LogP contribution in [0.1, 0.15) is 0 Å². The van der Waals surface area contributed by atoms with E-state index in [-0.39, 0.29) is 9.26 Å². The molecule has 0 amide bonds. The summed E-state index contributed by atoms with van der Waals surface area (Å²) in [6, 6.07) is 1.45. The molecule has 0 aromatic heterocycles. The Hall–Kier alpha value is -0.250. The van der Waals surface area contributed by atoms with Gasteiger partial charge in [0.15, 0.2) is 0 Å². The summed E-state index contributed by atoms with van der Waals surface area (Å²) in [5.74, 6) is 0. The molecule has 1 aromatic carbocycles. The third-order valence-electron chi connectivity index (χ3n) is 1.42. The summed E-state index contributed by atoms with van der Waals surface area (Å²) in [6.07, 6.45) is 0. The van der Waals surface area contributed by atoms with E-state index < -0.39 is 15.1 Å². The molecular weight excluding hydrogens is 340 g/mol. The van der Waals surface area contributed by atoms with Gasteiger partial charge in [0.1, 0.15) is 4.90 Å². The highest BCUT2D eigenvalue weighted by atomic mass is 127. The van der Waals surface area contributed by atoms with Crippen LogP contribution in [-0.4, -0.2) is 0 Å². The zero-order chi connectivity index (χ0) is 11.3. The molecular formula is C6H5F5INS. The van der Waals surface area contributed by atoms with E-state index in [1.165, 1.54) is 22.6 Å². The zero-order valence-electron chi connectivity index (χ0n) is 6.49. The van der Waals surface area contributed by atoms with Gasteiger partial charge in [0.25, 0.3) is 0 Å². The van der Waals surface area contributed by atoms with Crippen molar-refractivity contribution in [2.75, 3.05) is 5.73 Å². The van der Waals surface area contributed by atoms with E-state index in [1.807, 2.05) is 0 Å². The molecule has 0 bridgehead atoms. The molecule has 2 N–H and O–H groups in total. The maximum absolute atomic E-state index is 12.2. The molecule has 0 spiro atoms. The van der Waals surface area contributed by atoms with Crippen molar-refractivity contribution >= 4 is 38.5 Å². The van der Waals surface area contributed by atoms with Crippen molar-refractivity contribution in [2.45, 2.75) is 4.90 Å². The lowest BCUT2D eigenvalue weighted by Gasteiger charge is -2.40. The van der Waals surface area contributed by atoms with Crippen LogP contribution >= 0.6 is 32.8 Å². The second kappa shape index (κ2) is 2.46. The number of nitrogens with two attached hydrogens (primary N) is 1. The van der Waals surface area contributed by atoms with Crippen LogP contribution < -0.4 is 5.73 Å². The van der Waals surface area contributed by atoms with Crippen molar-refractivity contribution in [3.63, 3.8) is 0 Å². The van der Waals surface area contributed by atoms with Crippen molar-refractivity contribution in [3.05, 3.63) is 21.8 Å². The Morgan fingerprint density at radius 2 is 1.57 bits per heavy atom. The number of hydrogen-bond acceptors (Lipinski definition) is 1. The van der Waals surface area contributed by atoms with E-state index in [4.69, 9.17) is 5.73 Å². The van der Waals surface area contributed by atoms with Crippen molar-refractivity contribution in [2.24, 2.45) is 0 Å². The molecule has 0 aliphatic rings. The van der Waals surface area contributed by atoms with Gasteiger partial charge in [-0.15, -0.1) is 0 Å². The van der Waals surface area contributed by atoms with Gasteiger partial charge < -0.3 is 5.73 Å². The van der Waals surface area contributed by atoms with Crippen LogP contribution in [-0.2, 0) is 0 Å². The van der Waals surface area contributed by atoms with Crippen molar-refractivity contribution < 1.29 is 19.4 Å². The highest BCUT2D eigenvalue weighted by molar-refractivity contribution is 14.1. The lowest BCUT2D eigenvalue weighted by Crippen LogP contribution is -2.06. The molecule has 1 rings (SSSR count). The molecule has 0 fully saturated rings. The summed E-state index contributed by atoms with van der Waals surface area (Å²) < 4.78 is 61.0. The molecule has 0 heterocycles. The Kier molecular flexibility index (Phi) is 2.08. The van der Waals surface area contributed by atoms with Gasteiger partial charge in [0.2, 0.25) is 0 Å². The van der Waals surface area contributed by atoms with Crippen LogP contribution in [0.25, 0.3) is 0 Å². The predicted molar refractivity (Wildman–Crippen MR) is 55.0 cm³/mol. The van der Waals surface area contributed by atoms with Crippen LogP contribution in [0.2, 0.25) is 0 Å². The van der Waals surface area contributed by atoms with Crippen LogP contribution in [0.15, 0.2) is 23.1 Å². The summed E-state index contributed by atoms with van der Waals surface area (Å²) in [4.78, 5) is -1.91. The Labute approximate surface area is 90.3 Å². The minimum Gasteiger partial charge on any atom is -0.398 e. The quantitative estimate of drug-likeness (QED) is 0.452. The molecule has 14 heavy (non-hydrogen) atoms. The highest BCUT2D eigenvalue weighted by Gasteiger charge is 2.65. The molecule has 0 aliphatic carbocycles. The molecule has 8 heteroatoms. The minimum atomic E-state index is -9.55. The van der Waals surface area contributed by atoms with E-state index in [2.05, 4.69) is 0 Å². The van der Waals surface area contributed by atoms with Crippen LogP contribution in [0, 0.1) is 3.57 Å². The van der Waals surface area contributed by atoms with E-state index in [0.717, 1.165) is 6.07 Å². The zero-order valence-corrected chi connectivity index (χ0v) is 9.46. The van der Waals surface area contributed by atoms with Gasteiger partial charge in [-0.1, -0.05) is 19.4 Å². The van der Waals surface area contributed by atoms with Crippen molar-refractivity contribution in [1.29, 1.82) is 0 Å². The second-order valence-electron chi connectivity index (χ2n) is 2.65. The van der Waals surface area contributed by atoms with Crippen molar-refractivity contribution in [3.8, 4) is 0 Å². The summed E-state index contributed by atoms with van der Waals surface area (Å²) in [5.41, 5.74) is 5.25. The van der Waals surface area contributed by atoms with Crippen LogP contribution in [0.4, 0.5) is 25.1 Å². The standard InChI is InChI=1S/C6H5F5INS/c7-14(8,9,10,11)4-1-2-6(13)5(12)3-4/h1-3H,13H2. The first-order valence-corrected chi connectivity index (χ1v) is 6.22. The lowest BCUT2D eigenvalue weighted by atomic mass is 10.3. The molecule has 0 unspecified atom stereocenters. The van der Waals surface area contributed by atoms with Crippen LogP contribution in [0.3, 0.4) is 0 Å². The molecule has 0 saturated heterocycles. The van der Waals surface area contributed by atoms with Gasteiger partial charge in [-0.3, -0.25) is 0 Å². The number of halogens is 6. The number of rotatable bonds is 1. The summed E-state index contributed by atoms with van der Waals surface area (Å²) >= 11 is 1.46. The fourth-order valence-corrected chi connectivity index (χ4v) is 2.14. The van der Waals surface area contributed by atoms with Gasteiger partial charge >= 0.3 is 10.2 Å². The third kappa shape index (κ3) is 2.62. The molecule has 0 aliphatic heterocycles. The summed E-state index contributed by atoms with van der Waals surface area (Å²) in [5, 5.41) is 0. The van der Waals surface area contributed by atoms with Crippen LogP contribution in [0.5, 0.6) is 0 Å². The molecule has 1 aromatic rings. The Morgan fingerprint density at radius 3 is 1.93 bits per heavy atom. The first kappa shape index (κ1) is 11.8. The predicted octanol–water partition coefficient (Wildman–Crippen LogP) is 4.53. The maximum Gasteiger partial charge on any atom is 0.310 e. The number of nitrogen functional groups attached to an aromatic ring is 1. The first-order valence-electron chi connectivity index (χ1n) is 3.19. The lowest BCUT2D eigenvalue weighted by molar-refractivity contribution is 0.364. The van der Waals surface area contributed by atoms with Gasteiger partial charge in [-0.25, -0.2) is 0 Å². The molecule has 1 nitrogen and oxygen atoms in total. The molecule has 0 atom stereocenters. The van der Waals surface area contributed by atoms with E-state index in [0.29, 0.717) is 12.1 Å². The average molecular weight is 345 g/mol. The first-order chi connectivity index (χ1) is 5.90. The summed E-state index contributed by atoms with van der Waals surface area (Å²) in [7, 11) is -9.55. The van der Waals surface area contributed by atoms with Gasteiger partial charge in [-0.05, 0) is 40.8 Å². The summed E-state index contributed by atoms with van der Waals surface area (Å²) in [6.45, 7) is 0. The topological polar surface area (TPSA) is 26.0 Å². The largest absolute Gasteiger partial charge is 0.398 e.